The molecule has 0 aromatic carbocycles. The lowest BCUT2D eigenvalue weighted by molar-refractivity contribution is 0.370. The SMILES string of the molecule is CCc1ncc(CNC2CCC(C)C2C)s1. The first-order chi connectivity index (χ1) is 7.70. The summed E-state index contributed by atoms with van der Waals surface area (Å²) in [5, 5.41) is 4.94. The highest BCUT2D eigenvalue weighted by Crippen LogP contribution is 2.31. The Bertz CT molecular complexity index is 334. The number of hydrogen-bond donors (Lipinski definition) is 1. The maximum Gasteiger partial charge on any atom is 0.0925 e. The lowest BCUT2D eigenvalue weighted by Gasteiger charge is -2.19. The van der Waals surface area contributed by atoms with Crippen molar-refractivity contribution in [1.29, 1.82) is 0 Å². The molecule has 1 aromatic rings. The highest BCUT2D eigenvalue weighted by molar-refractivity contribution is 7.11. The number of aromatic nitrogens is 1. The summed E-state index contributed by atoms with van der Waals surface area (Å²) in [5.74, 6) is 1.70. The standard InChI is InChI=1S/C13H22N2S/c1-4-13-15-8-11(16-13)7-14-12-6-5-9(2)10(12)3/h8-10,12,14H,4-7H2,1-3H3. The van der Waals surface area contributed by atoms with E-state index in [0.29, 0.717) is 6.04 Å². The van der Waals surface area contributed by atoms with Crippen LogP contribution in [0.4, 0.5) is 0 Å². The second-order valence-electron chi connectivity index (χ2n) is 4.98. The molecule has 0 bridgehead atoms. The number of thiazole rings is 1. The molecule has 1 heterocycles. The van der Waals surface area contributed by atoms with E-state index in [1.165, 1.54) is 22.7 Å². The van der Waals surface area contributed by atoms with Crippen molar-refractivity contribution in [3.05, 3.63) is 16.1 Å². The van der Waals surface area contributed by atoms with Crippen molar-refractivity contribution >= 4 is 11.3 Å². The molecule has 3 atom stereocenters. The third kappa shape index (κ3) is 2.64. The van der Waals surface area contributed by atoms with Crippen LogP contribution in [0.2, 0.25) is 0 Å². The summed E-state index contributed by atoms with van der Waals surface area (Å²) in [5.41, 5.74) is 0. The first kappa shape index (κ1) is 12.1. The summed E-state index contributed by atoms with van der Waals surface area (Å²) in [4.78, 5) is 5.77. The van der Waals surface area contributed by atoms with Crippen molar-refractivity contribution in [3.63, 3.8) is 0 Å². The van der Waals surface area contributed by atoms with Gasteiger partial charge in [-0.25, -0.2) is 4.98 Å². The molecule has 2 nitrogen and oxygen atoms in total. The summed E-state index contributed by atoms with van der Waals surface area (Å²) in [6.07, 6.45) is 5.80. The van der Waals surface area contributed by atoms with Crippen molar-refractivity contribution in [2.24, 2.45) is 11.8 Å². The molecule has 2 rings (SSSR count). The van der Waals surface area contributed by atoms with E-state index in [1.54, 1.807) is 0 Å². The minimum Gasteiger partial charge on any atom is -0.309 e. The Morgan fingerprint density at radius 1 is 1.44 bits per heavy atom. The maximum absolute atomic E-state index is 4.39. The van der Waals surface area contributed by atoms with Crippen molar-refractivity contribution in [2.75, 3.05) is 0 Å². The normalized spacial score (nSPS) is 29.8. The topological polar surface area (TPSA) is 24.9 Å². The zero-order valence-electron chi connectivity index (χ0n) is 10.5. The lowest BCUT2D eigenvalue weighted by atomic mass is 9.98. The van der Waals surface area contributed by atoms with Crippen LogP contribution in [-0.2, 0) is 13.0 Å². The van der Waals surface area contributed by atoms with Gasteiger partial charge in [-0.05, 0) is 31.1 Å². The van der Waals surface area contributed by atoms with Gasteiger partial charge in [-0.2, -0.15) is 0 Å². The zero-order valence-corrected chi connectivity index (χ0v) is 11.3. The summed E-state index contributed by atoms with van der Waals surface area (Å²) in [6, 6.07) is 0.710. The Kier molecular flexibility index (Phi) is 3.98. The van der Waals surface area contributed by atoms with Gasteiger partial charge >= 0.3 is 0 Å². The molecular weight excluding hydrogens is 216 g/mol. The average Bonchev–Trinajstić information content (AvgIpc) is 2.86. The molecule has 0 spiro atoms. The van der Waals surface area contributed by atoms with Crippen LogP contribution in [0.5, 0.6) is 0 Å². The summed E-state index contributed by atoms with van der Waals surface area (Å²) in [6.45, 7) is 7.91. The molecule has 3 unspecified atom stereocenters. The fourth-order valence-corrected chi connectivity index (χ4v) is 3.29. The molecule has 0 radical (unpaired) electrons. The molecule has 0 amide bonds. The molecule has 90 valence electrons. The molecule has 16 heavy (non-hydrogen) atoms. The van der Waals surface area contributed by atoms with Crippen molar-refractivity contribution < 1.29 is 0 Å². The van der Waals surface area contributed by atoms with Crippen LogP contribution in [0.1, 0.15) is 43.5 Å². The Morgan fingerprint density at radius 2 is 2.25 bits per heavy atom. The zero-order chi connectivity index (χ0) is 11.5. The van der Waals surface area contributed by atoms with Crippen LogP contribution >= 0.6 is 11.3 Å². The summed E-state index contributed by atoms with van der Waals surface area (Å²) in [7, 11) is 0. The minimum absolute atomic E-state index is 0.710. The molecule has 1 aliphatic carbocycles. The van der Waals surface area contributed by atoms with E-state index in [9.17, 15) is 0 Å². The van der Waals surface area contributed by atoms with Crippen LogP contribution in [0.15, 0.2) is 6.20 Å². The summed E-state index contributed by atoms with van der Waals surface area (Å²) >= 11 is 1.84. The third-order valence-corrected chi connectivity index (χ3v) is 5.05. The van der Waals surface area contributed by atoms with Crippen LogP contribution < -0.4 is 5.32 Å². The lowest BCUT2D eigenvalue weighted by Crippen LogP contribution is -2.31. The number of nitrogens with zero attached hydrogens (tertiary/aromatic N) is 1. The second kappa shape index (κ2) is 5.28. The predicted molar refractivity (Wildman–Crippen MR) is 69.7 cm³/mol. The second-order valence-corrected chi connectivity index (χ2v) is 6.17. The molecule has 0 saturated heterocycles. The predicted octanol–water partition coefficient (Wildman–Crippen LogP) is 3.23. The van der Waals surface area contributed by atoms with Crippen LogP contribution in [0, 0.1) is 11.8 Å². The monoisotopic (exact) mass is 238 g/mol. The van der Waals surface area contributed by atoms with E-state index < -0.39 is 0 Å². The number of aryl methyl sites for hydroxylation is 1. The van der Waals surface area contributed by atoms with E-state index >= 15 is 0 Å². The fraction of sp³-hybridized carbons (Fsp3) is 0.769. The quantitative estimate of drug-likeness (QED) is 0.871. The number of nitrogens with one attached hydrogen (secondary N) is 1. The molecular formula is C13H22N2S. The Balaban J connectivity index is 1.83. The van der Waals surface area contributed by atoms with Crippen LogP contribution in [0.3, 0.4) is 0 Å². The average molecular weight is 238 g/mol. The van der Waals surface area contributed by atoms with Gasteiger partial charge in [0, 0.05) is 23.7 Å². The first-order valence-corrected chi connectivity index (χ1v) is 7.19. The molecule has 1 saturated carbocycles. The van der Waals surface area contributed by atoms with Gasteiger partial charge in [0.05, 0.1) is 5.01 Å². The van der Waals surface area contributed by atoms with E-state index in [4.69, 9.17) is 0 Å². The Labute approximate surface area is 102 Å². The molecule has 0 aliphatic heterocycles. The highest BCUT2D eigenvalue weighted by atomic mass is 32.1. The third-order valence-electron chi connectivity index (χ3n) is 3.91. The van der Waals surface area contributed by atoms with E-state index in [1.807, 2.05) is 17.5 Å². The van der Waals surface area contributed by atoms with Crippen molar-refractivity contribution in [3.8, 4) is 0 Å². The molecule has 1 N–H and O–H groups in total. The fourth-order valence-electron chi connectivity index (χ4n) is 2.48. The minimum atomic E-state index is 0.710. The van der Waals surface area contributed by atoms with Gasteiger partial charge in [0.15, 0.2) is 0 Å². The smallest absolute Gasteiger partial charge is 0.0925 e. The van der Waals surface area contributed by atoms with Gasteiger partial charge in [-0.1, -0.05) is 20.8 Å². The summed E-state index contributed by atoms with van der Waals surface area (Å²) < 4.78 is 0. The maximum atomic E-state index is 4.39. The Morgan fingerprint density at radius 3 is 2.81 bits per heavy atom. The van der Waals surface area contributed by atoms with Crippen molar-refractivity contribution in [1.82, 2.24) is 10.3 Å². The van der Waals surface area contributed by atoms with Crippen molar-refractivity contribution in [2.45, 2.75) is 52.6 Å². The molecule has 1 aromatic heterocycles. The van der Waals surface area contributed by atoms with Gasteiger partial charge in [0.25, 0.3) is 0 Å². The van der Waals surface area contributed by atoms with Gasteiger partial charge < -0.3 is 5.32 Å². The number of hydrogen-bond acceptors (Lipinski definition) is 3. The van der Waals surface area contributed by atoms with Gasteiger partial charge in [0.1, 0.15) is 0 Å². The molecule has 1 fully saturated rings. The highest BCUT2D eigenvalue weighted by Gasteiger charge is 2.29. The first-order valence-electron chi connectivity index (χ1n) is 6.37. The van der Waals surface area contributed by atoms with E-state index in [0.717, 1.165) is 24.8 Å². The van der Waals surface area contributed by atoms with Gasteiger partial charge in [0.2, 0.25) is 0 Å². The molecule has 3 heteroatoms. The van der Waals surface area contributed by atoms with Gasteiger partial charge in [-0.15, -0.1) is 11.3 Å². The van der Waals surface area contributed by atoms with Gasteiger partial charge in [-0.3, -0.25) is 0 Å². The van der Waals surface area contributed by atoms with E-state index in [-0.39, 0.29) is 0 Å². The number of rotatable bonds is 4. The van der Waals surface area contributed by atoms with Crippen LogP contribution in [-0.4, -0.2) is 11.0 Å². The molecule has 1 aliphatic rings. The van der Waals surface area contributed by atoms with E-state index in [2.05, 4.69) is 31.1 Å². The van der Waals surface area contributed by atoms with Crippen LogP contribution in [0.25, 0.3) is 0 Å². The Hall–Kier alpha value is -0.410. The largest absolute Gasteiger partial charge is 0.309 e.